The lowest BCUT2D eigenvalue weighted by molar-refractivity contribution is -0.130. The van der Waals surface area contributed by atoms with Crippen LogP contribution in [0.2, 0.25) is 0 Å². The molecule has 0 spiro atoms. The minimum Gasteiger partial charge on any atom is -0.495 e. The van der Waals surface area contributed by atoms with Crippen LogP contribution in [-0.2, 0) is 4.79 Å². The molecule has 1 saturated heterocycles. The number of methoxy groups -OCH3 is 1. The third kappa shape index (κ3) is 4.70. The van der Waals surface area contributed by atoms with Crippen LogP contribution in [0.5, 0.6) is 5.75 Å². The number of aromatic nitrogens is 1. The van der Waals surface area contributed by atoms with Gasteiger partial charge >= 0.3 is 0 Å². The summed E-state index contributed by atoms with van der Waals surface area (Å²) in [7, 11) is 1.62. The lowest BCUT2D eigenvalue weighted by atomic mass is 10.3. The van der Waals surface area contributed by atoms with Crippen LogP contribution in [-0.4, -0.2) is 59.4 Å². The molecule has 8 heteroatoms. The molecule has 1 aliphatic carbocycles. The molecular formula is C21H26N4O3S. The third-order valence-corrected chi connectivity index (χ3v) is 6.10. The second kappa shape index (κ2) is 8.82. The molecule has 1 aromatic heterocycles. The molecule has 1 saturated carbocycles. The topological polar surface area (TPSA) is 74.8 Å². The second-order valence-corrected chi connectivity index (χ2v) is 8.29. The van der Waals surface area contributed by atoms with Crippen molar-refractivity contribution in [2.45, 2.75) is 38.1 Å². The molecule has 2 amide bonds. The first-order chi connectivity index (χ1) is 14.2. The normalized spacial score (nSPS) is 16.0. The number of carbonyl (C=O) groups excluding carboxylic acids is 2. The van der Waals surface area contributed by atoms with Gasteiger partial charge in [-0.3, -0.25) is 9.59 Å². The summed E-state index contributed by atoms with van der Waals surface area (Å²) in [6, 6.07) is 7.83. The van der Waals surface area contributed by atoms with Gasteiger partial charge in [0.15, 0.2) is 5.13 Å². The Labute approximate surface area is 174 Å². The predicted octanol–water partition coefficient (Wildman–Crippen LogP) is 3.51. The number of para-hydroxylation sites is 2. The Morgan fingerprint density at radius 1 is 1.28 bits per heavy atom. The van der Waals surface area contributed by atoms with Gasteiger partial charge in [0.05, 0.1) is 12.8 Å². The number of thiazole rings is 1. The van der Waals surface area contributed by atoms with Crippen LogP contribution >= 0.6 is 11.3 Å². The summed E-state index contributed by atoms with van der Waals surface area (Å²) in [5.74, 6) is 0.777. The first kappa shape index (κ1) is 19.7. The number of anilines is 2. The fourth-order valence-corrected chi connectivity index (χ4v) is 4.31. The quantitative estimate of drug-likeness (QED) is 0.715. The molecule has 1 aliphatic heterocycles. The monoisotopic (exact) mass is 414 g/mol. The van der Waals surface area contributed by atoms with Crippen molar-refractivity contribution in [3.63, 3.8) is 0 Å². The Kier molecular flexibility index (Phi) is 5.99. The maximum atomic E-state index is 13.0. The van der Waals surface area contributed by atoms with Gasteiger partial charge < -0.3 is 19.9 Å². The summed E-state index contributed by atoms with van der Waals surface area (Å²) in [6.07, 6.45) is 4.55. The molecule has 0 atom stereocenters. The van der Waals surface area contributed by atoms with E-state index < -0.39 is 0 Å². The third-order valence-electron chi connectivity index (χ3n) is 5.35. The molecule has 154 valence electrons. The number of ether oxygens (including phenoxy) is 1. The van der Waals surface area contributed by atoms with Gasteiger partial charge in [-0.1, -0.05) is 12.1 Å². The fourth-order valence-electron chi connectivity index (χ4n) is 3.62. The first-order valence-electron chi connectivity index (χ1n) is 10.1. The smallest absolute Gasteiger partial charge is 0.273 e. The number of benzene rings is 1. The van der Waals surface area contributed by atoms with E-state index in [4.69, 9.17) is 4.74 Å². The van der Waals surface area contributed by atoms with Crippen LogP contribution in [0.1, 0.15) is 42.6 Å². The molecule has 2 aromatic rings. The fraction of sp³-hybridized carbons (Fsp3) is 0.476. The van der Waals surface area contributed by atoms with Gasteiger partial charge in [0, 0.05) is 37.5 Å². The van der Waals surface area contributed by atoms with Gasteiger partial charge in [-0.25, -0.2) is 4.98 Å². The van der Waals surface area contributed by atoms with E-state index in [1.165, 1.54) is 11.3 Å². The minimum absolute atomic E-state index is 0.0916. The van der Waals surface area contributed by atoms with Gasteiger partial charge in [0.25, 0.3) is 5.91 Å². The number of amides is 2. The van der Waals surface area contributed by atoms with E-state index >= 15 is 0 Å². The van der Waals surface area contributed by atoms with E-state index in [1.54, 1.807) is 12.5 Å². The van der Waals surface area contributed by atoms with Crippen LogP contribution in [0, 0.1) is 0 Å². The lowest BCUT2D eigenvalue weighted by Crippen LogP contribution is -2.37. The highest BCUT2D eigenvalue weighted by atomic mass is 32.1. The minimum atomic E-state index is -0.0916. The van der Waals surface area contributed by atoms with Crippen LogP contribution < -0.4 is 10.1 Å². The van der Waals surface area contributed by atoms with E-state index in [0.717, 1.165) is 50.2 Å². The molecule has 2 fully saturated rings. The highest BCUT2D eigenvalue weighted by Gasteiger charge is 2.34. The summed E-state index contributed by atoms with van der Waals surface area (Å²) < 4.78 is 5.35. The van der Waals surface area contributed by atoms with E-state index in [0.29, 0.717) is 23.8 Å². The summed E-state index contributed by atoms with van der Waals surface area (Å²) >= 11 is 1.39. The van der Waals surface area contributed by atoms with Crippen molar-refractivity contribution in [3.05, 3.63) is 35.3 Å². The van der Waals surface area contributed by atoms with Crippen LogP contribution in [0.4, 0.5) is 10.8 Å². The zero-order valence-corrected chi connectivity index (χ0v) is 17.4. The van der Waals surface area contributed by atoms with Gasteiger partial charge in [-0.2, -0.15) is 0 Å². The Hall–Kier alpha value is -2.61. The Morgan fingerprint density at radius 3 is 2.76 bits per heavy atom. The van der Waals surface area contributed by atoms with E-state index in [2.05, 4.69) is 10.3 Å². The molecule has 7 nitrogen and oxygen atoms in total. The van der Waals surface area contributed by atoms with E-state index in [-0.39, 0.29) is 17.9 Å². The molecule has 1 N–H and O–H groups in total. The number of nitrogens with zero attached hydrogens (tertiary/aromatic N) is 3. The average molecular weight is 415 g/mol. The summed E-state index contributed by atoms with van der Waals surface area (Å²) in [5, 5.41) is 5.64. The van der Waals surface area contributed by atoms with Crippen molar-refractivity contribution in [2.75, 3.05) is 32.1 Å². The predicted molar refractivity (Wildman–Crippen MR) is 113 cm³/mol. The van der Waals surface area contributed by atoms with Crippen molar-refractivity contribution in [2.24, 2.45) is 0 Å². The summed E-state index contributed by atoms with van der Waals surface area (Å²) in [5.41, 5.74) is 1.23. The van der Waals surface area contributed by atoms with Crippen LogP contribution in [0.25, 0.3) is 0 Å². The number of rotatable bonds is 8. The molecule has 1 aromatic carbocycles. The highest BCUT2D eigenvalue weighted by molar-refractivity contribution is 7.14. The lowest BCUT2D eigenvalue weighted by Gasteiger charge is -2.23. The highest BCUT2D eigenvalue weighted by Crippen LogP contribution is 2.31. The SMILES string of the molecule is COc1ccccc1Nc1nc(C(=O)N(CCC(=O)N2CCCC2)C2CC2)cs1. The van der Waals surface area contributed by atoms with Gasteiger partial charge in [-0.05, 0) is 37.8 Å². The van der Waals surface area contributed by atoms with Gasteiger partial charge in [0.1, 0.15) is 11.4 Å². The molecule has 0 unspecified atom stereocenters. The number of carbonyl (C=O) groups is 2. The van der Waals surface area contributed by atoms with Crippen molar-refractivity contribution >= 4 is 34.0 Å². The Bertz CT molecular complexity index is 874. The van der Waals surface area contributed by atoms with Crippen LogP contribution in [0.15, 0.2) is 29.6 Å². The molecule has 0 radical (unpaired) electrons. The molecule has 29 heavy (non-hydrogen) atoms. The first-order valence-corrected chi connectivity index (χ1v) is 11.0. The number of likely N-dealkylation sites (tertiary alicyclic amines) is 1. The molecular weight excluding hydrogens is 388 g/mol. The molecule has 2 aliphatic rings. The van der Waals surface area contributed by atoms with Gasteiger partial charge in [-0.15, -0.1) is 11.3 Å². The van der Waals surface area contributed by atoms with E-state index in [9.17, 15) is 9.59 Å². The average Bonchev–Trinajstić information content (AvgIpc) is 3.22. The number of hydrogen-bond acceptors (Lipinski definition) is 6. The van der Waals surface area contributed by atoms with Crippen LogP contribution in [0.3, 0.4) is 0 Å². The largest absolute Gasteiger partial charge is 0.495 e. The second-order valence-electron chi connectivity index (χ2n) is 7.43. The van der Waals surface area contributed by atoms with Crippen molar-refractivity contribution < 1.29 is 14.3 Å². The maximum absolute atomic E-state index is 13.0. The van der Waals surface area contributed by atoms with Crippen molar-refractivity contribution in [3.8, 4) is 5.75 Å². The van der Waals surface area contributed by atoms with E-state index in [1.807, 2.05) is 34.1 Å². The van der Waals surface area contributed by atoms with Crippen molar-refractivity contribution in [1.29, 1.82) is 0 Å². The summed E-state index contributed by atoms with van der Waals surface area (Å²) in [6.45, 7) is 2.16. The number of hydrogen-bond donors (Lipinski definition) is 1. The standard InChI is InChI=1S/C21H26N4O3S/c1-28-18-7-3-2-6-16(18)22-21-23-17(14-29-21)20(27)25(15-8-9-15)13-10-19(26)24-11-4-5-12-24/h2-3,6-7,14-15H,4-5,8-13H2,1H3,(H,22,23). The number of nitrogens with one attached hydrogen (secondary N) is 1. The maximum Gasteiger partial charge on any atom is 0.273 e. The summed E-state index contributed by atoms with van der Waals surface area (Å²) in [4.78, 5) is 33.6. The Morgan fingerprint density at radius 2 is 2.03 bits per heavy atom. The molecule has 4 rings (SSSR count). The Balaban J connectivity index is 1.40. The van der Waals surface area contributed by atoms with Gasteiger partial charge in [0.2, 0.25) is 5.91 Å². The molecule has 2 heterocycles. The van der Waals surface area contributed by atoms with Crippen molar-refractivity contribution in [1.82, 2.24) is 14.8 Å². The zero-order chi connectivity index (χ0) is 20.2. The zero-order valence-electron chi connectivity index (χ0n) is 16.6. The molecule has 0 bridgehead atoms.